The Balaban J connectivity index is 1.42. The van der Waals surface area contributed by atoms with E-state index in [0.29, 0.717) is 20.6 Å². The van der Waals surface area contributed by atoms with E-state index in [-0.39, 0.29) is 11.2 Å². The summed E-state index contributed by atoms with van der Waals surface area (Å²) in [4.78, 5) is 16.7. The van der Waals surface area contributed by atoms with Crippen LogP contribution in [0.2, 0.25) is 10.0 Å². The molecule has 0 radical (unpaired) electrons. The molecule has 4 fully saturated rings. The molecule has 1 atom stereocenters. The third-order valence-corrected chi connectivity index (χ3v) is 7.89. The first-order valence-corrected chi connectivity index (χ1v) is 10.4. The minimum absolute atomic E-state index is 0.0209. The van der Waals surface area contributed by atoms with Crippen molar-refractivity contribution in [3.8, 4) is 0 Å². The highest BCUT2D eigenvalue weighted by molar-refractivity contribution is 8.01. The van der Waals surface area contributed by atoms with Crippen LogP contribution in [0.5, 0.6) is 0 Å². The van der Waals surface area contributed by atoms with E-state index >= 15 is 0 Å². The highest BCUT2D eigenvalue weighted by Gasteiger charge is 2.52. The zero-order chi connectivity index (χ0) is 16.9. The molecular weight excluding hydrogens is 363 g/mol. The lowest BCUT2D eigenvalue weighted by Crippen LogP contribution is -2.49. The van der Waals surface area contributed by atoms with Crippen LogP contribution in [0, 0.1) is 17.8 Å². The van der Waals surface area contributed by atoms with Crippen molar-refractivity contribution in [2.45, 2.75) is 55.4 Å². The fourth-order valence-corrected chi connectivity index (χ4v) is 7.67. The van der Waals surface area contributed by atoms with Crippen molar-refractivity contribution < 1.29 is 4.79 Å². The number of aromatic nitrogens is 1. The van der Waals surface area contributed by atoms with E-state index in [4.69, 9.17) is 23.2 Å². The van der Waals surface area contributed by atoms with Crippen LogP contribution in [0.25, 0.3) is 0 Å². The van der Waals surface area contributed by atoms with Crippen LogP contribution in [0.3, 0.4) is 0 Å². The summed E-state index contributed by atoms with van der Waals surface area (Å²) in [7, 11) is 0. The minimum Gasteiger partial charge on any atom is -0.308 e. The molecule has 0 aliphatic heterocycles. The Kier molecular flexibility index (Phi) is 4.51. The number of nitrogens with one attached hydrogen (secondary N) is 1. The average molecular weight is 385 g/mol. The SMILES string of the molecule is C[C@H](SC12CC3CC(CC(C3)C1)C2)C(=O)Nc1ncc(Cl)cc1Cl. The predicted octanol–water partition coefficient (Wildman–Crippen LogP) is 5.42. The maximum Gasteiger partial charge on any atom is 0.238 e. The largest absolute Gasteiger partial charge is 0.308 e. The second kappa shape index (κ2) is 6.37. The van der Waals surface area contributed by atoms with Crippen LogP contribution in [-0.4, -0.2) is 20.9 Å². The van der Waals surface area contributed by atoms with Gasteiger partial charge >= 0.3 is 0 Å². The molecule has 5 rings (SSSR count). The molecule has 130 valence electrons. The molecule has 0 unspecified atom stereocenters. The van der Waals surface area contributed by atoms with Gasteiger partial charge in [0.25, 0.3) is 0 Å². The first kappa shape index (κ1) is 17.0. The monoisotopic (exact) mass is 384 g/mol. The second-order valence-corrected chi connectivity index (χ2v) is 10.5. The van der Waals surface area contributed by atoms with Crippen LogP contribution in [0.15, 0.2) is 12.3 Å². The Morgan fingerprint density at radius 1 is 1.25 bits per heavy atom. The lowest BCUT2D eigenvalue weighted by atomic mass is 9.56. The molecule has 4 bridgehead atoms. The highest BCUT2D eigenvalue weighted by Crippen LogP contribution is 2.61. The summed E-state index contributed by atoms with van der Waals surface area (Å²) in [6, 6.07) is 1.60. The first-order chi connectivity index (χ1) is 11.4. The number of hydrogen-bond donors (Lipinski definition) is 1. The number of nitrogens with zero attached hydrogens (tertiary/aromatic N) is 1. The number of pyridine rings is 1. The Morgan fingerprint density at radius 2 is 1.83 bits per heavy atom. The summed E-state index contributed by atoms with van der Waals surface area (Å²) in [5.41, 5.74) is 0. The number of amides is 1. The van der Waals surface area contributed by atoms with Crippen LogP contribution in [0.4, 0.5) is 5.82 Å². The van der Waals surface area contributed by atoms with Crippen molar-refractivity contribution in [1.29, 1.82) is 0 Å². The fraction of sp³-hybridized carbons (Fsp3) is 0.667. The van der Waals surface area contributed by atoms with Gasteiger partial charge in [0.05, 0.1) is 15.3 Å². The number of hydrogen-bond acceptors (Lipinski definition) is 3. The summed E-state index contributed by atoms with van der Waals surface area (Å²) in [6.45, 7) is 2.00. The third-order valence-electron chi connectivity index (χ3n) is 5.83. The van der Waals surface area contributed by atoms with Gasteiger partial charge in [0, 0.05) is 10.9 Å². The molecular formula is C18H22Cl2N2OS. The van der Waals surface area contributed by atoms with Crippen LogP contribution >= 0.6 is 35.0 Å². The summed E-state index contributed by atoms with van der Waals surface area (Å²) < 4.78 is 0.322. The van der Waals surface area contributed by atoms with E-state index in [1.807, 2.05) is 18.7 Å². The number of thioether (sulfide) groups is 1. The van der Waals surface area contributed by atoms with Gasteiger partial charge in [-0.05, 0) is 69.3 Å². The minimum atomic E-state index is -0.102. The lowest BCUT2D eigenvalue weighted by Gasteiger charge is -2.57. The standard InChI is InChI=1S/C18H22Cl2N2OS/c1-10(17(23)22-16-15(20)5-14(19)9-21-16)24-18-6-11-2-12(7-18)4-13(3-11)8-18/h5,9-13H,2-4,6-8H2,1H3,(H,21,22,23)/t10-,11?,12?,13?,18?/m0/s1. The zero-order valence-electron chi connectivity index (χ0n) is 13.7. The molecule has 24 heavy (non-hydrogen) atoms. The topological polar surface area (TPSA) is 42.0 Å². The number of carbonyl (C=O) groups excluding carboxylic acids is 1. The van der Waals surface area contributed by atoms with Crippen molar-refractivity contribution in [2.75, 3.05) is 5.32 Å². The molecule has 1 N–H and O–H groups in total. The molecule has 1 aromatic rings. The molecule has 0 saturated heterocycles. The van der Waals surface area contributed by atoms with Gasteiger partial charge in [-0.1, -0.05) is 23.2 Å². The highest BCUT2D eigenvalue weighted by atomic mass is 35.5. The Bertz CT molecular complexity index is 631. The molecule has 1 heterocycles. The molecule has 1 amide bonds. The van der Waals surface area contributed by atoms with E-state index in [1.165, 1.54) is 44.7 Å². The average Bonchev–Trinajstić information content (AvgIpc) is 2.48. The number of halogens is 2. The summed E-state index contributed by atoms with van der Waals surface area (Å²) in [5.74, 6) is 3.06. The first-order valence-electron chi connectivity index (χ1n) is 8.72. The predicted molar refractivity (Wildman–Crippen MR) is 101 cm³/mol. The summed E-state index contributed by atoms with van der Waals surface area (Å²) in [5, 5.41) is 3.60. The van der Waals surface area contributed by atoms with Crippen molar-refractivity contribution in [3.05, 3.63) is 22.3 Å². The van der Waals surface area contributed by atoms with E-state index in [2.05, 4.69) is 10.3 Å². The van der Waals surface area contributed by atoms with Gasteiger partial charge in [-0.25, -0.2) is 4.98 Å². The van der Waals surface area contributed by atoms with E-state index < -0.39 is 0 Å². The molecule has 0 spiro atoms. The summed E-state index contributed by atoms with van der Waals surface area (Å²) in [6.07, 6.45) is 9.64. The quantitative estimate of drug-likeness (QED) is 0.753. The number of carbonyl (C=O) groups is 1. The maximum absolute atomic E-state index is 12.6. The van der Waals surface area contributed by atoms with Gasteiger partial charge in [-0.3, -0.25) is 4.79 Å². The third kappa shape index (κ3) is 3.30. The van der Waals surface area contributed by atoms with Crippen molar-refractivity contribution in [3.63, 3.8) is 0 Å². The molecule has 6 heteroatoms. The Hall–Kier alpha value is -0.450. The fourth-order valence-electron chi connectivity index (χ4n) is 5.33. The van der Waals surface area contributed by atoms with Gasteiger partial charge in [0.15, 0.2) is 5.82 Å². The van der Waals surface area contributed by atoms with Gasteiger partial charge in [-0.2, -0.15) is 0 Å². The van der Waals surface area contributed by atoms with Crippen LogP contribution in [0.1, 0.15) is 45.4 Å². The molecule has 4 saturated carbocycles. The number of rotatable bonds is 4. The van der Waals surface area contributed by atoms with Gasteiger partial charge < -0.3 is 5.32 Å². The van der Waals surface area contributed by atoms with E-state index in [1.54, 1.807) is 6.07 Å². The smallest absolute Gasteiger partial charge is 0.238 e. The molecule has 3 nitrogen and oxygen atoms in total. The van der Waals surface area contributed by atoms with Crippen molar-refractivity contribution in [2.24, 2.45) is 17.8 Å². The zero-order valence-corrected chi connectivity index (χ0v) is 16.1. The van der Waals surface area contributed by atoms with Crippen LogP contribution in [-0.2, 0) is 4.79 Å². The molecule has 1 aromatic heterocycles. The summed E-state index contributed by atoms with van der Waals surface area (Å²) >= 11 is 13.9. The van der Waals surface area contributed by atoms with Crippen molar-refractivity contribution >= 4 is 46.7 Å². The van der Waals surface area contributed by atoms with Gasteiger partial charge in [-0.15, -0.1) is 11.8 Å². The van der Waals surface area contributed by atoms with E-state index in [0.717, 1.165) is 17.8 Å². The Morgan fingerprint density at radius 3 is 2.38 bits per heavy atom. The molecule has 0 aromatic carbocycles. The maximum atomic E-state index is 12.6. The second-order valence-electron chi connectivity index (χ2n) is 7.83. The normalized spacial score (nSPS) is 35.0. The van der Waals surface area contributed by atoms with Gasteiger partial charge in [0.1, 0.15) is 0 Å². The number of anilines is 1. The van der Waals surface area contributed by atoms with Crippen molar-refractivity contribution in [1.82, 2.24) is 4.98 Å². The molecule has 4 aliphatic rings. The molecule has 4 aliphatic carbocycles. The lowest BCUT2D eigenvalue weighted by molar-refractivity contribution is -0.115. The Labute approximate surface area is 157 Å². The van der Waals surface area contributed by atoms with E-state index in [9.17, 15) is 4.79 Å². The van der Waals surface area contributed by atoms with Crippen LogP contribution < -0.4 is 5.32 Å². The van der Waals surface area contributed by atoms with Gasteiger partial charge in [0.2, 0.25) is 5.91 Å².